The van der Waals surface area contributed by atoms with Crippen molar-refractivity contribution < 1.29 is 14.3 Å². The van der Waals surface area contributed by atoms with Crippen LogP contribution in [-0.2, 0) is 14.3 Å². The molecule has 3 nitrogen and oxygen atoms in total. The van der Waals surface area contributed by atoms with Crippen LogP contribution in [0, 0.1) is 17.8 Å². The Bertz CT molecular complexity index is 299. The van der Waals surface area contributed by atoms with Crippen molar-refractivity contribution in [2.45, 2.75) is 57.8 Å². The third kappa shape index (κ3) is 4.93. The average Bonchev–Trinajstić information content (AvgIpc) is 2.52. The number of carbonyl (C=O) groups excluding carboxylic acids is 1. The van der Waals surface area contributed by atoms with Gasteiger partial charge in [0, 0.05) is 6.08 Å². The third-order valence-corrected chi connectivity index (χ3v) is 5.01. The fourth-order valence-electron chi connectivity index (χ4n) is 3.81. The highest BCUT2D eigenvalue weighted by molar-refractivity contribution is 5.81. The van der Waals surface area contributed by atoms with Crippen LogP contribution in [0.1, 0.15) is 57.8 Å². The molecule has 2 fully saturated rings. The molecule has 0 aliphatic heterocycles. The van der Waals surface area contributed by atoms with Crippen molar-refractivity contribution >= 4 is 5.97 Å². The van der Waals surface area contributed by atoms with Crippen LogP contribution in [-0.4, -0.2) is 19.4 Å². The van der Waals surface area contributed by atoms with Crippen LogP contribution in [0.4, 0.5) is 0 Å². The summed E-state index contributed by atoms with van der Waals surface area (Å²) in [6.45, 7) is 4.14. The van der Waals surface area contributed by atoms with Crippen molar-refractivity contribution in [1.82, 2.24) is 0 Å². The summed E-state index contributed by atoms with van der Waals surface area (Å²) < 4.78 is 10.3. The smallest absolute Gasteiger partial charge is 0.332 e. The van der Waals surface area contributed by atoms with E-state index < -0.39 is 5.97 Å². The lowest BCUT2D eigenvalue weighted by Crippen LogP contribution is -2.25. The Morgan fingerprint density at radius 3 is 2.30 bits per heavy atom. The molecule has 114 valence electrons. The van der Waals surface area contributed by atoms with Gasteiger partial charge < -0.3 is 9.47 Å². The summed E-state index contributed by atoms with van der Waals surface area (Å²) in [4.78, 5) is 10.9. The summed E-state index contributed by atoms with van der Waals surface area (Å²) in [7, 11) is 0. The minimum absolute atomic E-state index is 0.0629. The van der Waals surface area contributed by atoms with Crippen LogP contribution in [0.3, 0.4) is 0 Å². The molecule has 0 heterocycles. The average molecular weight is 280 g/mol. The fraction of sp³-hybridized carbons (Fsp3) is 0.824. The molecule has 0 atom stereocenters. The van der Waals surface area contributed by atoms with E-state index in [0.29, 0.717) is 5.92 Å². The van der Waals surface area contributed by atoms with Crippen molar-refractivity contribution in [2.24, 2.45) is 17.8 Å². The Morgan fingerprint density at radius 1 is 1.00 bits per heavy atom. The first kappa shape index (κ1) is 15.6. The lowest BCUT2D eigenvalue weighted by Gasteiger charge is -2.35. The monoisotopic (exact) mass is 280 g/mol. The lowest BCUT2D eigenvalue weighted by molar-refractivity contribution is -0.151. The van der Waals surface area contributed by atoms with Gasteiger partial charge in [-0.05, 0) is 43.4 Å². The second-order valence-corrected chi connectivity index (χ2v) is 6.34. The van der Waals surface area contributed by atoms with Gasteiger partial charge in [-0.2, -0.15) is 0 Å². The first-order valence-corrected chi connectivity index (χ1v) is 8.16. The minimum atomic E-state index is -0.411. The van der Waals surface area contributed by atoms with Crippen molar-refractivity contribution in [3.63, 3.8) is 0 Å². The van der Waals surface area contributed by atoms with Crippen molar-refractivity contribution in [3.05, 3.63) is 12.7 Å². The number of esters is 1. The highest BCUT2D eigenvalue weighted by Crippen LogP contribution is 2.39. The van der Waals surface area contributed by atoms with Gasteiger partial charge in [-0.15, -0.1) is 0 Å². The van der Waals surface area contributed by atoms with Gasteiger partial charge in [-0.25, -0.2) is 4.79 Å². The predicted molar refractivity (Wildman–Crippen MR) is 79.1 cm³/mol. The van der Waals surface area contributed by atoms with Gasteiger partial charge in [0.2, 0.25) is 0 Å². The van der Waals surface area contributed by atoms with Crippen molar-refractivity contribution in [2.75, 3.05) is 13.4 Å². The standard InChI is InChI=1S/C17H28O3/c1-2-17(18)20-13-19-12-14-8-10-16(11-9-14)15-6-4-3-5-7-15/h2,14-16H,1,3-13H2. The second kappa shape index (κ2) is 8.46. The summed E-state index contributed by atoms with van der Waals surface area (Å²) in [5.41, 5.74) is 0. The number of rotatable bonds is 6. The van der Waals surface area contributed by atoms with Gasteiger partial charge >= 0.3 is 5.97 Å². The third-order valence-electron chi connectivity index (χ3n) is 5.01. The van der Waals surface area contributed by atoms with Gasteiger partial charge in [-0.3, -0.25) is 0 Å². The van der Waals surface area contributed by atoms with Crippen LogP contribution >= 0.6 is 0 Å². The largest absolute Gasteiger partial charge is 0.435 e. The van der Waals surface area contributed by atoms with E-state index in [-0.39, 0.29) is 6.79 Å². The molecule has 2 rings (SSSR count). The highest BCUT2D eigenvalue weighted by atomic mass is 16.7. The van der Waals surface area contributed by atoms with Crippen molar-refractivity contribution in [3.8, 4) is 0 Å². The molecule has 2 saturated carbocycles. The van der Waals surface area contributed by atoms with Gasteiger partial charge in [0.15, 0.2) is 6.79 Å². The van der Waals surface area contributed by atoms with E-state index in [4.69, 9.17) is 9.47 Å². The van der Waals surface area contributed by atoms with Crippen LogP contribution in [0.15, 0.2) is 12.7 Å². The van der Waals surface area contributed by atoms with E-state index in [0.717, 1.165) is 18.4 Å². The molecule has 0 aromatic heterocycles. The van der Waals surface area contributed by atoms with Crippen LogP contribution in [0.5, 0.6) is 0 Å². The minimum Gasteiger partial charge on any atom is -0.435 e. The van der Waals surface area contributed by atoms with E-state index in [2.05, 4.69) is 6.58 Å². The van der Waals surface area contributed by atoms with E-state index in [1.807, 2.05) is 0 Å². The van der Waals surface area contributed by atoms with E-state index in [1.54, 1.807) is 0 Å². The SMILES string of the molecule is C=CC(=O)OCOCC1CCC(C2CCCCC2)CC1. The highest BCUT2D eigenvalue weighted by Gasteiger charge is 2.28. The molecule has 0 spiro atoms. The molecular weight excluding hydrogens is 252 g/mol. The summed E-state index contributed by atoms with van der Waals surface area (Å²) in [6.07, 6.45) is 13.7. The zero-order valence-corrected chi connectivity index (χ0v) is 12.5. The molecule has 0 bridgehead atoms. The maximum Gasteiger partial charge on any atom is 0.332 e. The normalized spacial score (nSPS) is 28.0. The molecule has 0 unspecified atom stereocenters. The molecule has 0 N–H and O–H groups in total. The lowest BCUT2D eigenvalue weighted by atomic mass is 9.71. The Hall–Kier alpha value is -0.830. The molecule has 0 amide bonds. The van der Waals surface area contributed by atoms with Crippen molar-refractivity contribution in [1.29, 1.82) is 0 Å². The number of hydrogen-bond donors (Lipinski definition) is 0. The number of carbonyl (C=O) groups is 1. The molecule has 2 aliphatic carbocycles. The molecule has 0 aromatic carbocycles. The Labute approximate surface area is 122 Å². The number of hydrogen-bond acceptors (Lipinski definition) is 3. The first-order chi connectivity index (χ1) is 9.79. The Balaban J connectivity index is 1.57. The molecule has 0 radical (unpaired) electrons. The molecule has 0 aromatic rings. The number of ether oxygens (including phenoxy) is 2. The van der Waals surface area contributed by atoms with E-state index in [9.17, 15) is 4.79 Å². The molecule has 3 heteroatoms. The van der Waals surface area contributed by atoms with Crippen LogP contribution in [0.2, 0.25) is 0 Å². The summed E-state index contributed by atoms with van der Waals surface area (Å²) in [5.74, 6) is 2.20. The zero-order chi connectivity index (χ0) is 14.2. The zero-order valence-electron chi connectivity index (χ0n) is 12.5. The maximum absolute atomic E-state index is 10.9. The van der Waals surface area contributed by atoms with Gasteiger partial charge in [-0.1, -0.05) is 38.7 Å². The molecular formula is C17H28O3. The maximum atomic E-state index is 10.9. The fourth-order valence-corrected chi connectivity index (χ4v) is 3.81. The van der Waals surface area contributed by atoms with Gasteiger partial charge in [0.25, 0.3) is 0 Å². The van der Waals surface area contributed by atoms with Crippen LogP contribution < -0.4 is 0 Å². The molecule has 20 heavy (non-hydrogen) atoms. The Kier molecular flexibility index (Phi) is 6.58. The van der Waals surface area contributed by atoms with Gasteiger partial charge in [0.1, 0.15) is 0 Å². The second-order valence-electron chi connectivity index (χ2n) is 6.34. The van der Waals surface area contributed by atoms with Crippen LogP contribution in [0.25, 0.3) is 0 Å². The predicted octanol–water partition coefficient (Wildman–Crippen LogP) is 4.08. The summed E-state index contributed by atoms with van der Waals surface area (Å²) in [5, 5.41) is 0. The van der Waals surface area contributed by atoms with E-state index >= 15 is 0 Å². The quantitative estimate of drug-likeness (QED) is 0.318. The van der Waals surface area contributed by atoms with Gasteiger partial charge in [0.05, 0.1) is 6.61 Å². The van der Waals surface area contributed by atoms with E-state index in [1.165, 1.54) is 63.9 Å². The topological polar surface area (TPSA) is 35.5 Å². The Morgan fingerprint density at radius 2 is 1.65 bits per heavy atom. The summed E-state index contributed by atoms with van der Waals surface area (Å²) >= 11 is 0. The first-order valence-electron chi connectivity index (χ1n) is 8.16. The summed E-state index contributed by atoms with van der Waals surface area (Å²) in [6, 6.07) is 0. The molecule has 0 saturated heterocycles. The molecule has 2 aliphatic rings.